The summed E-state index contributed by atoms with van der Waals surface area (Å²) >= 11 is 0. The normalized spacial score (nSPS) is 18.3. The molecule has 2 rings (SSSR count). The van der Waals surface area contributed by atoms with E-state index in [0.29, 0.717) is 5.92 Å². The second kappa shape index (κ2) is 3.23. The topological polar surface area (TPSA) is 24.9 Å². The lowest BCUT2D eigenvalue weighted by molar-refractivity contribution is 0.510. The summed E-state index contributed by atoms with van der Waals surface area (Å²) in [6, 6.07) is 3.13. The number of nitrogens with zero attached hydrogens (tertiary/aromatic N) is 1. The molecule has 0 unspecified atom stereocenters. The monoisotopic (exact) mass is 194 g/mol. The van der Waals surface area contributed by atoms with E-state index < -0.39 is 0 Å². The summed E-state index contributed by atoms with van der Waals surface area (Å²) in [5.41, 5.74) is 0.213. The van der Waals surface area contributed by atoms with E-state index in [4.69, 9.17) is 0 Å². The van der Waals surface area contributed by atoms with Gasteiger partial charge in [-0.05, 0) is 30.9 Å². The summed E-state index contributed by atoms with van der Waals surface area (Å²) in [5, 5.41) is 3.38. The van der Waals surface area contributed by atoms with Crippen molar-refractivity contribution in [2.24, 2.45) is 5.92 Å². The Morgan fingerprint density at radius 1 is 1.43 bits per heavy atom. The largest absolute Gasteiger partial charge is 0.364 e. The molecule has 1 N–H and O–H groups in total. The molecule has 0 bridgehead atoms. The van der Waals surface area contributed by atoms with Gasteiger partial charge >= 0.3 is 0 Å². The van der Waals surface area contributed by atoms with Gasteiger partial charge in [-0.3, -0.25) is 0 Å². The third kappa shape index (κ3) is 1.72. The molecule has 0 saturated heterocycles. The van der Waals surface area contributed by atoms with Crippen LogP contribution in [0.5, 0.6) is 0 Å². The minimum absolute atomic E-state index is 0.213. The van der Waals surface area contributed by atoms with Gasteiger partial charge in [0.2, 0.25) is 0 Å². The Balaban J connectivity index is 2.08. The molecule has 1 fully saturated rings. The molecule has 1 saturated carbocycles. The van der Waals surface area contributed by atoms with Crippen molar-refractivity contribution in [1.29, 1.82) is 0 Å². The van der Waals surface area contributed by atoms with E-state index in [1.807, 2.05) is 0 Å². The van der Waals surface area contributed by atoms with Gasteiger partial charge in [-0.1, -0.05) is 13.8 Å². The highest BCUT2D eigenvalue weighted by Gasteiger charge is 2.45. The summed E-state index contributed by atoms with van der Waals surface area (Å²) in [6.45, 7) is 4.40. The molecule has 0 amide bonds. The average Bonchev–Trinajstić information content (AvgIpc) is 2.90. The Hall–Kier alpha value is -1.12. The van der Waals surface area contributed by atoms with Crippen molar-refractivity contribution in [1.82, 2.24) is 4.98 Å². The van der Waals surface area contributed by atoms with E-state index in [0.717, 1.165) is 5.82 Å². The van der Waals surface area contributed by atoms with Gasteiger partial charge in [-0.15, -0.1) is 0 Å². The number of pyridine rings is 1. The lowest BCUT2D eigenvalue weighted by atomic mass is 10.0. The van der Waals surface area contributed by atoms with Crippen molar-refractivity contribution in [3.63, 3.8) is 0 Å². The van der Waals surface area contributed by atoms with E-state index in [1.54, 1.807) is 6.07 Å². The summed E-state index contributed by atoms with van der Waals surface area (Å²) in [6.07, 6.45) is 3.62. The zero-order valence-electron chi connectivity index (χ0n) is 8.55. The second-order valence-corrected chi connectivity index (χ2v) is 4.30. The first-order valence-corrected chi connectivity index (χ1v) is 5.02. The van der Waals surface area contributed by atoms with Gasteiger partial charge in [0.05, 0.1) is 6.20 Å². The molecule has 76 valence electrons. The fourth-order valence-corrected chi connectivity index (χ4v) is 1.69. The maximum atomic E-state index is 12.6. The SMILES string of the molecule is CC(C)C1(Nc2ccc(F)cn2)CC1. The highest BCUT2D eigenvalue weighted by atomic mass is 19.1. The number of anilines is 1. The number of hydrogen-bond acceptors (Lipinski definition) is 2. The molecule has 1 aromatic heterocycles. The van der Waals surface area contributed by atoms with E-state index in [-0.39, 0.29) is 11.4 Å². The highest BCUT2D eigenvalue weighted by molar-refractivity contribution is 5.40. The maximum Gasteiger partial charge on any atom is 0.141 e. The zero-order chi connectivity index (χ0) is 10.2. The minimum Gasteiger partial charge on any atom is -0.364 e. The molecule has 0 spiro atoms. The van der Waals surface area contributed by atoms with E-state index in [9.17, 15) is 4.39 Å². The lowest BCUT2D eigenvalue weighted by Crippen LogP contribution is -2.28. The summed E-state index contributed by atoms with van der Waals surface area (Å²) < 4.78 is 12.6. The minimum atomic E-state index is -0.287. The van der Waals surface area contributed by atoms with Crippen molar-refractivity contribution in [3.05, 3.63) is 24.1 Å². The number of halogens is 1. The van der Waals surface area contributed by atoms with Crippen LogP contribution in [0, 0.1) is 11.7 Å². The quantitative estimate of drug-likeness (QED) is 0.800. The molecular weight excluding hydrogens is 179 g/mol. The van der Waals surface area contributed by atoms with Crippen LogP contribution in [-0.4, -0.2) is 10.5 Å². The maximum absolute atomic E-state index is 12.6. The van der Waals surface area contributed by atoms with E-state index in [1.165, 1.54) is 25.1 Å². The number of nitrogens with one attached hydrogen (secondary N) is 1. The van der Waals surface area contributed by atoms with Crippen LogP contribution in [-0.2, 0) is 0 Å². The summed E-state index contributed by atoms with van der Waals surface area (Å²) in [5.74, 6) is 1.08. The van der Waals surface area contributed by atoms with Crippen molar-refractivity contribution in [2.45, 2.75) is 32.2 Å². The molecular formula is C11H15FN2. The van der Waals surface area contributed by atoms with E-state index >= 15 is 0 Å². The fourth-order valence-electron chi connectivity index (χ4n) is 1.69. The van der Waals surface area contributed by atoms with Crippen LogP contribution in [0.1, 0.15) is 26.7 Å². The lowest BCUT2D eigenvalue weighted by Gasteiger charge is -2.21. The van der Waals surface area contributed by atoms with Crippen LogP contribution in [0.25, 0.3) is 0 Å². The fraction of sp³-hybridized carbons (Fsp3) is 0.545. The van der Waals surface area contributed by atoms with Gasteiger partial charge in [0.1, 0.15) is 11.6 Å². The standard InChI is InChI=1S/C11H15FN2/c1-8(2)11(5-6-11)14-10-4-3-9(12)7-13-10/h3-4,7-8H,5-6H2,1-2H3,(H,13,14). The summed E-state index contributed by atoms with van der Waals surface area (Å²) in [7, 11) is 0. The van der Waals surface area contributed by atoms with Crippen LogP contribution in [0.15, 0.2) is 18.3 Å². The van der Waals surface area contributed by atoms with Crippen molar-refractivity contribution >= 4 is 5.82 Å². The molecule has 1 aliphatic rings. The van der Waals surface area contributed by atoms with Gasteiger partial charge in [0.25, 0.3) is 0 Å². The van der Waals surface area contributed by atoms with Gasteiger partial charge in [0, 0.05) is 5.54 Å². The van der Waals surface area contributed by atoms with Crippen LogP contribution >= 0.6 is 0 Å². The molecule has 0 radical (unpaired) electrons. The predicted octanol–water partition coefficient (Wildman–Crippen LogP) is 2.82. The molecule has 1 aromatic rings. The first-order chi connectivity index (χ1) is 6.62. The van der Waals surface area contributed by atoms with Crippen LogP contribution in [0.4, 0.5) is 10.2 Å². The Morgan fingerprint density at radius 2 is 2.14 bits per heavy atom. The van der Waals surface area contributed by atoms with Crippen LogP contribution in [0.2, 0.25) is 0 Å². The van der Waals surface area contributed by atoms with Gasteiger partial charge in [-0.2, -0.15) is 0 Å². The molecule has 14 heavy (non-hydrogen) atoms. The molecule has 3 heteroatoms. The number of aromatic nitrogens is 1. The predicted molar refractivity (Wildman–Crippen MR) is 54.6 cm³/mol. The smallest absolute Gasteiger partial charge is 0.141 e. The first-order valence-electron chi connectivity index (χ1n) is 5.02. The number of hydrogen-bond donors (Lipinski definition) is 1. The third-order valence-electron chi connectivity index (χ3n) is 3.00. The average molecular weight is 194 g/mol. The molecule has 2 nitrogen and oxygen atoms in total. The molecule has 0 aromatic carbocycles. The van der Waals surface area contributed by atoms with Crippen LogP contribution in [0.3, 0.4) is 0 Å². The van der Waals surface area contributed by atoms with Crippen LogP contribution < -0.4 is 5.32 Å². The molecule has 1 aliphatic carbocycles. The third-order valence-corrected chi connectivity index (χ3v) is 3.00. The molecule has 0 atom stereocenters. The Morgan fingerprint density at radius 3 is 2.57 bits per heavy atom. The van der Waals surface area contributed by atoms with Gasteiger partial charge in [0.15, 0.2) is 0 Å². The Bertz CT molecular complexity index is 315. The van der Waals surface area contributed by atoms with Gasteiger partial charge in [-0.25, -0.2) is 9.37 Å². The van der Waals surface area contributed by atoms with Crippen molar-refractivity contribution in [2.75, 3.05) is 5.32 Å². The second-order valence-electron chi connectivity index (χ2n) is 4.30. The first kappa shape index (κ1) is 9.44. The zero-order valence-corrected chi connectivity index (χ0v) is 8.55. The Labute approximate surface area is 83.6 Å². The summed E-state index contributed by atoms with van der Waals surface area (Å²) in [4.78, 5) is 4.00. The highest BCUT2D eigenvalue weighted by Crippen LogP contribution is 2.44. The molecule has 1 heterocycles. The van der Waals surface area contributed by atoms with Gasteiger partial charge < -0.3 is 5.32 Å². The Kier molecular flexibility index (Phi) is 2.17. The number of rotatable bonds is 3. The van der Waals surface area contributed by atoms with Crippen molar-refractivity contribution < 1.29 is 4.39 Å². The van der Waals surface area contributed by atoms with E-state index in [2.05, 4.69) is 24.1 Å². The molecule has 0 aliphatic heterocycles. The van der Waals surface area contributed by atoms with Crippen molar-refractivity contribution in [3.8, 4) is 0 Å².